The van der Waals surface area contributed by atoms with Gasteiger partial charge in [-0.2, -0.15) is 0 Å². The highest BCUT2D eigenvalue weighted by Crippen LogP contribution is 2.43. The molecule has 2 aromatic heterocycles. The second-order valence-electron chi connectivity index (χ2n) is 12.5. The van der Waals surface area contributed by atoms with Crippen molar-refractivity contribution >= 4 is 71.7 Å². The Hall–Kier alpha value is -6.58. The number of furan rings is 2. The predicted molar refractivity (Wildman–Crippen MR) is 204 cm³/mol. The van der Waals surface area contributed by atoms with E-state index in [1.807, 2.05) is 24.3 Å². The third-order valence-electron chi connectivity index (χ3n) is 9.67. The number of nitrogens with zero attached hydrogens (tertiary/aromatic N) is 1. The molecule has 10 aromatic rings. The first kappa shape index (κ1) is 27.5. The Bertz CT molecular complexity index is 2710. The van der Waals surface area contributed by atoms with Gasteiger partial charge in [0.1, 0.15) is 22.3 Å². The standard InChI is InChI=1S/C46H29NO2/c1-2-11-32(12-3-1)46-36-13-5-4-10-30(36)20-25-37(46)31-18-21-33(22-19-31)47(34-23-26-40-38-14-6-8-16-42(38)48-44(40)28-34)35-24-27-41-39-15-7-9-17-43(39)49-45(41)29-35/h1-29H. The van der Waals surface area contributed by atoms with Crippen molar-refractivity contribution < 1.29 is 8.83 Å². The summed E-state index contributed by atoms with van der Waals surface area (Å²) < 4.78 is 12.7. The molecule has 0 aliphatic heterocycles. The Kier molecular flexibility index (Phi) is 6.18. The normalized spacial score (nSPS) is 11.7. The largest absolute Gasteiger partial charge is 0.456 e. The lowest BCUT2D eigenvalue weighted by Gasteiger charge is -2.26. The molecule has 49 heavy (non-hydrogen) atoms. The third kappa shape index (κ3) is 4.51. The van der Waals surface area contributed by atoms with Gasteiger partial charge in [-0.1, -0.05) is 115 Å². The van der Waals surface area contributed by atoms with Crippen LogP contribution < -0.4 is 4.90 Å². The van der Waals surface area contributed by atoms with Gasteiger partial charge in [-0.3, -0.25) is 0 Å². The van der Waals surface area contributed by atoms with Crippen molar-refractivity contribution in [3.8, 4) is 22.3 Å². The number of para-hydroxylation sites is 2. The maximum Gasteiger partial charge on any atom is 0.137 e. The van der Waals surface area contributed by atoms with Gasteiger partial charge >= 0.3 is 0 Å². The van der Waals surface area contributed by atoms with Gasteiger partial charge in [0.15, 0.2) is 0 Å². The first-order chi connectivity index (χ1) is 24.3. The van der Waals surface area contributed by atoms with Crippen LogP contribution in [0.15, 0.2) is 185 Å². The molecule has 230 valence electrons. The molecule has 0 bridgehead atoms. The summed E-state index contributed by atoms with van der Waals surface area (Å²) in [6.45, 7) is 0. The van der Waals surface area contributed by atoms with Crippen LogP contribution in [-0.4, -0.2) is 0 Å². The van der Waals surface area contributed by atoms with Crippen LogP contribution in [-0.2, 0) is 0 Å². The maximum atomic E-state index is 6.35. The molecule has 10 rings (SSSR count). The number of hydrogen-bond acceptors (Lipinski definition) is 3. The van der Waals surface area contributed by atoms with Gasteiger partial charge in [0.2, 0.25) is 0 Å². The second-order valence-corrected chi connectivity index (χ2v) is 12.5. The van der Waals surface area contributed by atoms with E-state index in [2.05, 4.69) is 157 Å². The average Bonchev–Trinajstić information content (AvgIpc) is 3.73. The van der Waals surface area contributed by atoms with Crippen LogP contribution in [0.5, 0.6) is 0 Å². The van der Waals surface area contributed by atoms with E-state index < -0.39 is 0 Å². The molecule has 0 spiro atoms. The number of hydrogen-bond donors (Lipinski definition) is 0. The molecule has 3 nitrogen and oxygen atoms in total. The van der Waals surface area contributed by atoms with Crippen LogP contribution in [0.4, 0.5) is 17.1 Å². The van der Waals surface area contributed by atoms with Crippen LogP contribution >= 0.6 is 0 Å². The summed E-state index contributed by atoms with van der Waals surface area (Å²) in [5.41, 5.74) is 11.4. The Morgan fingerprint density at radius 1 is 0.327 bits per heavy atom. The van der Waals surface area contributed by atoms with Gasteiger partial charge in [0, 0.05) is 50.7 Å². The smallest absolute Gasteiger partial charge is 0.137 e. The first-order valence-electron chi connectivity index (χ1n) is 16.6. The molecule has 0 fully saturated rings. The van der Waals surface area contributed by atoms with Crippen LogP contribution in [0.2, 0.25) is 0 Å². The van der Waals surface area contributed by atoms with Crippen LogP contribution in [0.3, 0.4) is 0 Å². The van der Waals surface area contributed by atoms with Gasteiger partial charge in [-0.25, -0.2) is 0 Å². The Balaban J connectivity index is 1.14. The van der Waals surface area contributed by atoms with E-state index in [0.717, 1.165) is 66.5 Å². The molecule has 0 amide bonds. The van der Waals surface area contributed by atoms with Gasteiger partial charge in [-0.15, -0.1) is 0 Å². The SMILES string of the molecule is c1ccc(-c2c(-c3ccc(N(c4ccc5c(c4)oc4ccccc45)c4ccc5c(c4)oc4ccccc45)cc3)ccc3ccccc23)cc1. The molecule has 0 radical (unpaired) electrons. The summed E-state index contributed by atoms with van der Waals surface area (Å²) in [5, 5.41) is 6.92. The molecule has 0 aliphatic rings. The lowest BCUT2D eigenvalue weighted by Crippen LogP contribution is -2.09. The fraction of sp³-hybridized carbons (Fsp3) is 0. The average molecular weight is 628 g/mol. The molecule has 2 heterocycles. The molecule has 8 aromatic carbocycles. The van der Waals surface area contributed by atoms with Crippen LogP contribution in [0, 0.1) is 0 Å². The van der Waals surface area contributed by atoms with E-state index >= 15 is 0 Å². The molecular weight excluding hydrogens is 599 g/mol. The highest BCUT2D eigenvalue weighted by atomic mass is 16.3. The van der Waals surface area contributed by atoms with Crippen molar-refractivity contribution in [2.45, 2.75) is 0 Å². The van der Waals surface area contributed by atoms with Crippen molar-refractivity contribution in [3.05, 3.63) is 176 Å². The number of fused-ring (bicyclic) bond motifs is 7. The summed E-state index contributed by atoms with van der Waals surface area (Å²) in [7, 11) is 0. The fourth-order valence-corrected chi connectivity index (χ4v) is 7.37. The summed E-state index contributed by atoms with van der Waals surface area (Å²) in [6, 6.07) is 62.1. The highest BCUT2D eigenvalue weighted by molar-refractivity contribution is 6.08. The molecule has 0 saturated carbocycles. The van der Waals surface area contributed by atoms with Crippen molar-refractivity contribution in [3.63, 3.8) is 0 Å². The minimum Gasteiger partial charge on any atom is -0.456 e. The summed E-state index contributed by atoms with van der Waals surface area (Å²) in [5.74, 6) is 0. The molecule has 3 heteroatoms. The third-order valence-corrected chi connectivity index (χ3v) is 9.67. The van der Waals surface area contributed by atoms with Crippen molar-refractivity contribution in [1.29, 1.82) is 0 Å². The molecule has 0 saturated heterocycles. The zero-order valence-electron chi connectivity index (χ0n) is 26.5. The Labute approximate surface area is 282 Å². The second kappa shape index (κ2) is 11.0. The summed E-state index contributed by atoms with van der Waals surface area (Å²) >= 11 is 0. The van der Waals surface area contributed by atoms with Crippen LogP contribution in [0.1, 0.15) is 0 Å². The quantitative estimate of drug-likeness (QED) is 0.190. The maximum absolute atomic E-state index is 6.35. The topological polar surface area (TPSA) is 29.5 Å². The van der Waals surface area contributed by atoms with E-state index in [9.17, 15) is 0 Å². The van der Waals surface area contributed by atoms with E-state index in [1.165, 1.54) is 27.5 Å². The zero-order chi connectivity index (χ0) is 32.3. The van der Waals surface area contributed by atoms with E-state index in [0.29, 0.717) is 0 Å². The first-order valence-corrected chi connectivity index (χ1v) is 16.6. The minimum absolute atomic E-state index is 0.855. The predicted octanol–water partition coefficient (Wildman–Crippen LogP) is 13.4. The Morgan fingerprint density at radius 2 is 0.837 bits per heavy atom. The summed E-state index contributed by atoms with van der Waals surface area (Å²) in [4.78, 5) is 2.28. The van der Waals surface area contributed by atoms with Gasteiger partial charge in [0.05, 0.1) is 0 Å². The molecule has 0 N–H and O–H groups in total. The van der Waals surface area contributed by atoms with Gasteiger partial charge in [-0.05, 0) is 81.6 Å². The fourth-order valence-electron chi connectivity index (χ4n) is 7.37. The van der Waals surface area contributed by atoms with Crippen molar-refractivity contribution in [2.75, 3.05) is 4.90 Å². The van der Waals surface area contributed by atoms with E-state index in [4.69, 9.17) is 8.83 Å². The molecular formula is C46H29NO2. The highest BCUT2D eigenvalue weighted by Gasteiger charge is 2.19. The van der Waals surface area contributed by atoms with Gasteiger partial charge < -0.3 is 13.7 Å². The zero-order valence-corrected chi connectivity index (χ0v) is 26.5. The van der Waals surface area contributed by atoms with E-state index in [-0.39, 0.29) is 0 Å². The molecule has 0 aliphatic carbocycles. The van der Waals surface area contributed by atoms with Crippen molar-refractivity contribution in [1.82, 2.24) is 0 Å². The molecule has 0 atom stereocenters. The minimum atomic E-state index is 0.855. The lowest BCUT2D eigenvalue weighted by molar-refractivity contribution is 0.669. The van der Waals surface area contributed by atoms with Crippen molar-refractivity contribution in [2.24, 2.45) is 0 Å². The van der Waals surface area contributed by atoms with Crippen LogP contribution in [0.25, 0.3) is 76.9 Å². The Morgan fingerprint density at radius 3 is 1.47 bits per heavy atom. The lowest BCUT2D eigenvalue weighted by atomic mass is 9.90. The monoisotopic (exact) mass is 627 g/mol. The number of rotatable bonds is 5. The summed E-state index contributed by atoms with van der Waals surface area (Å²) in [6.07, 6.45) is 0. The molecule has 0 unspecified atom stereocenters. The van der Waals surface area contributed by atoms with E-state index in [1.54, 1.807) is 0 Å². The number of benzene rings is 8. The number of anilines is 3. The van der Waals surface area contributed by atoms with Gasteiger partial charge in [0.25, 0.3) is 0 Å².